The second-order valence-electron chi connectivity index (χ2n) is 5.73. The largest absolute Gasteiger partial charge is 0.380 e. The van der Waals surface area contributed by atoms with Gasteiger partial charge < -0.3 is 10.3 Å². The van der Waals surface area contributed by atoms with Crippen LogP contribution in [0.3, 0.4) is 0 Å². The molecule has 1 heterocycles. The predicted molar refractivity (Wildman–Crippen MR) is 74.5 cm³/mol. The summed E-state index contributed by atoms with van der Waals surface area (Å²) in [5, 5.41) is 4.09. The molecule has 0 aliphatic heterocycles. The SMILES string of the molecule is CC(C)(C)Cc1onc(N)c1-c1ccc(F)cc1Cl. The first-order chi connectivity index (χ1) is 8.78. The number of hydrogen-bond donors (Lipinski definition) is 1. The molecule has 0 amide bonds. The van der Waals surface area contributed by atoms with Crippen molar-refractivity contribution in [3.05, 3.63) is 34.8 Å². The van der Waals surface area contributed by atoms with Crippen molar-refractivity contribution in [3.8, 4) is 11.1 Å². The Morgan fingerprint density at radius 1 is 1.37 bits per heavy atom. The molecule has 2 N–H and O–H groups in total. The van der Waals surface area contributed by atoms with E-state index in [1.54, 1.807) is 6.07 Å². The molecule has 0 unspecified atom stereocenters. The van der Waals surface area contributed by atoms with Crippen molar-refractivity contribution in [3.63, 3.8) is 0 Å². The van der Waals surface area contributed by atoms with Gasteiger partial charge >= 0.3 is 0 Å². The van der Waals surface area contributed by atoms with Crippen molar-refractivity contribution in [1.82, 2.24) is 5.16 Å². The Hall–Kier alpha value is -1.55. The van der Waals surface area contributed by atoms with Gasteiger partial charge in [-0.3, -0.25) is 0 Å². The van der Waals surface area contributed by atoms with Gasteiger partial charge in [-0.15, -0.1) is 0 Å². The first-order valence-electron chi connectivity index (χ1n) is 5.97. The Bertz CT molecular complexity index is 602. The molecule has 0 saturated carbocycles. The van der Waals surface area contributed by atoms with Crippen LogP contribution in [-0.2, 0) is 6.42 Å². The fourth-order valence-corrected chi connectivity index (χ4v) is 2.18. The highest BCUT2D eigenvalue weighted by Gasteiger charge is 2.23. The fraction of sp³-hybridized carbons (Fsp3) is 0.357. The highest BCUT2D eigenvalue weighted by atomic mass is 35.5. The maximum atomic E-state index is 13.1. The molecule has 19 heavy (non-hydrogen) atoms. The second kappa shape index (κ2) is 4.85. The summed E-state index contributed by atoms with van der Waals surface area (Å²) >= 11 is 6.07. The Morgan fingerprint density at radius 2 is 2.05 bits per heavy atom. The average Bonchev–Trinajstić information content (AvgIpc) is 2.58. The summed E-state index contributed by atoms with van der Waals surface area (Å²) in [6, 6.07) is 4.19. The first kappa shape index (κ1) is 13.9. The summed E-state index contributed by atoms with van der Waals surface area (Å²) in [5.41, 5.74) is 7.16. The summed E-state index contributed by atoms with van der Waals surface area (Å²) in [5.74, 6) is 0.549. The number of benzene rings is 1. The van der Waals surface area contributed by atoms with E-state index in [2.05, 4.69) is 25.9 Å². The molecule has 0 aliphatic rings. The van der Waals surface area contributed by atoms with Crippen molar-refractivity contribution in [2.45, 2.75) is 27.2 Å². The molecule has 2 rings (SSSR count). The lowest BCUT2D eigenvalue weighted by Gasteiger charge is -2.16. The lowest BCUT2D eigenvalue weighted by Crippen LogP contribution is -2.09. The molecule has 0 fully saturated rings. The summed E-state index contributed by atoms with van der Waals surface area (Å²) < 4.78 is 18.4. The van der Waals surface area contributed by atoms with Gasteiger partial charge in [0.1, 0.15) is 11.6 Å². The van der Waals surface area contributed by atoms with Gasteiger partial charge in [-0.2, -0.15) is 0 Å². The van der Waals surface area contributed by atoms with Crippen LogP contribution < -0.4 is 5.73 Å². The van der Waals surface area contributed by atoms with Crippen LogP contribution in [0.1, 0.15) is 26.5 Å². The molecule has 5 heteroatoms. The number of nitrogens with zero attached hydrogens (tertiary/aromatic N) is 1. The summed E-state index contributed by atoms with van der Waals surface area (Å²) in [6.07, 6.45) is 0.667. The molecule has 2 aromatic rings. The van der Waals surface area contributed by atoms with Crippen molar-refractivity contribution >= 4 is 17.4 Å². The first-order valence-corrected chi connectivity index (χ1v) is 6.35. The molecular weight excluding hydrogens is 267 g/mol. The molecule has 0 saturated heterocycles. The van der Waals surface area contributed by atoms with Gasteiger partial charge in [-0.25, -0.2) is 4.39 Å². The third kappa shape index (κ3) is 3.07. The molecule has 0 atom stereocenters. The Morgan fingerprint density at radius 3 is 2.63 bits per heavy atom. The zero-order valence-electron chi connectivity index (χ0n) is 11.1. The predicted octanol–water partition coefficient (Wildman–Crippen LogP) is 4.30. The van der Waals surface area contributed by atoms with Crippen molar-refractivity contribution in [1.29, 1.82) is 0 Å². The minimum atomic E-state index is -0.388. The van der Waals surface area contributed by atoms with Crippen LogP contribution in [-0.4, -0.2) is 5.16 Å². The normalized spacial score (nSPS) is 11.8. The van der Waals surface area contributed by atoms with Gasteiger partial charge in [0.05, 0.1) is 10.6 Å². The lowest BCUT2D eigenvalue weighted by atomic mass is 9.88. The topological polar surface area (TPSA) is 52.0 Å². The third-order valence-corrected chi connectivity index (χ3v) is 2.99. The van der Waals surface area contributed by atoms with Crippen molar-refractivity contribution in [2.75, 3.05) is 5.73 Å². The smallest absolute Gasteiger partial charge is 0.175 e. The molecule has 0 bridgehead atoms. The van der Waals surface area contributed by atoms with E-state index in [-0.39, 0.29) is 17.1 Å². The number of halogens is 2. The van der Waals surface area contributed by atoms with Gasteiger partial charge in [0, 0.05) is 12.0 Å². The van der Waals surface area contributed by atoms with Crippen LogP contribution in [0.25, 0.3) is 11.1 Å². The van der Waals surface area contributed by atoms with Crippen LogP contribution in [0, 0.1) is 11.2 Å². The van der Waals surface area contributed by atoms with E-state index < -0.39 is 0 Å². The molecule has 0 radical (unpaired) electrons. The molecule has 1 aromatic carbocycles. The zero-order valence-corrected chi connectivity index (χ0v) is 11.9. The number of rotatable bonds is 2. The minimum absolute atomic E-state index is 0.0211. The zero-order chi connectivity index (χ0) is 14.2. The summed E-state index contributed by atoms with van der Waals surface area (Å²) in [6.45, 7) is 6.26. The van der Waals surface area contributed by atoms with E-state index in [0.29, 0.717) is 28.3 Å². The number of nitrogen functional groups attached to an aromatic ring is 1. The Balaban J connectivity index is 2.52. The number of nitrogens with two attached hydrogens (primary N) is 1. The van der Waals surface area contributed by atoms with E-state index in [1.165, 1.54) is 12.1 Å². The van der Waals surface area contributed by atoms with Crippen LogP contribution in [0.15, 0.2) is 22.7 Å². The maximum absolute atomic E-state index is 13.1. The van der Waals surface area contributed by atoms with Gasteiger partial charge in [0.2, 0.25) is 0 Å². The molecule has 0 spiro atoms. The number of hydrogen-bond acceptors (Lipinski definition) is 3. The standard InChI is InChI=1S/C14H16ClFN2O/c1-14(2,3)7-11-12(13(17)18-19-11)9-5-4-8(16)6-10(9)15/h4-6H,7H2,1-3H3,(H2,17,18). The minimum Gasteiger partial charge on any atom is -0.380 e. The molecule has 1 aromatic heterocycles. The second-order valence-corrected chi connectivity index (χ2v) is 6.13. The highest BCUT2D eigenvalue weighted by Crippen LogP contribution is 2.37. The van der Waals surface area contributed by atoms with E-state index in [9.17, 15) is 4.39 Å². The van der Waals surface area contributed by atoms with E-state index >= 15 is 0 Å². The van der Waals surface area contributed by atoms with E-state index in [1.807, 2.05) is 0 Å². The summed E-state index contributed by atoms with van der Waals surface area (Å²) in [4.78, 5) is 0. The van der Waals surface area contributed by atoms with E-state index in [0.717, 1.165) is 0 Å². The number of aromatic nitrogens is 1. The van der Waals surface area contributed by atoms with Gasteiger partial charge in [-0.1, -0.05) is 37.5 Å². The van der Waals surface area contributed by atoms with Crippen LogP contribution in [0.4, 0.5) is 10.2 Å². The molecule has 3 nitrogen and oxygen atoms in total. The van der Waals surface area contributed by atoms with Crippen molar-refractivity contribution < 1.29 is 8.91 Å². The maximum Gasteiger partial charge on any atom is 0.175 e. The lowest BCUT2D eigenvalue weighted by molar-refractivity contribution is 0.322. The Labute approximate surface area is 116 Å². The third-order valence-electron chi connectivity index (χ3n) is 2.68. The van der Waals surface area contributed by atoms with Crippen LogP contribution in [0.2, 0.25) is 5.02 Å². The molecular formula is C14H16ClFN2O. The fourth-order valence-electron chi connectivity index (χ4n) is 1.92. The van der Waals surface area contributed by atoms with E-state index in [4.69, 9.17) is 21.9 Å². The number of anilines is 1. The highest BCUT2D eigenvalue weighted by molar-refractivity contribution is 6.33. The van der Waals surface area contributed by atoms with Crippen molar-refractivity contribution in [2.24, 2.45) is 5.41 Å². The molecule has 0 aliphatic carbocycles. The quantitative estimate of drug-likeness (QED) is 0.893. The average molecular weight is 283 g/mol. The van der Waals surface area contributed by atoms with Crippen LogP contribution >= 0.6 is 11.6 Å². The molecule has 102 valence electrons. The van der Waals surface area contributed by atoms with Crippen LogP contribution in [0.5, 0.6) is 0 Å². The van der Waals surface area contributed by atoms with Gasteiger partial charge in [-0.05, 0) is 23.6 Å². The Kier molecular flexibility index (Phi) is 3.54. The summed E-state index contributed by atoms with van der Waals surface area (Å²) in [7, 11) is 0. The van der Waals surface area contributed by atoms with Gasteiger partial charge in [0.15, 0.2) is 5.82 Å². The monoisotopic (exact) mass is 282 g/mol. The van der Waals surface area contributed by atoms with Gasteiger partial charge in [0.25, 0.3) is 0 Å².